The van der Waals surface area contributed by atoms with Gasteiger partial charge in [-0.3, -0.25) is 0 Å². The van der Waals surface area contributed by atoms with Gasteiger partial charge >= 0.3 is 0 Å². The maximum Gasteiger partial charge on any atom is 0.253 e. The third kappa shape index (κ3) is 3.26. The summed E-state index contributed by atoms with van der Waals surface area (Å²) >= 11 is 6.10. The standard InChI is InChI=1S/C13H14ClN3O.ClH/c14-12-13(18-9-4-3-7-15-8-9)17-11-6-2-1-5-10(11)16-12;/h1-2,5-6,9,15H,3-4,7-8H2;1H/t9-;/m1./s1. The van der Waals surface area contributed by atoms with E-state index in [9.17, 15) is 0 Å². The van der Waals surface area contributed by atoms with Crippen LogP contribution >= 0.6 is 24.0 Å². The first-order valence-corrected chi connectivity index (χ1v) is 6.50. The predicted octanol–water partition coefficient (Wildman–Crippen LogP) is 2.84. The van der Waals surface area contributed by atoms with E-state index in [1.165, 1.54) is 0 Å². The van der Waals surface area contributed by atoms with Crippen molar-refractivity contribution in [1.82, 2.24) is 15.3 Å². The molecule has 0 unspecified atom stereocenters. The van der Waals surface area contributed by atoms with Gasteiger partial charge in [0.2, 0.25) is 0 Å². The molecule has 1 aliphatic rings. The number of para-hydroxylation sites is 2. The maximum absolute atomic E-state index is 6.10. The minimum absolute atomic E-state index is 0. The first kappa shape index (κ1) is 14.3. The number of aromatic nitrogens is 2. The van der Waals surface area contributed by atoms with Gasteiger partial charge in [0.05, 0.1) is 11.0 Å². The normalized spacial score (nSPS) is 18.9. The summed E-state index contributed by atoms with van der Waals surface area (Å²) in [5.41, 5.74) is 1.59. The van der Waals surface area contributed by atoms with Crippen molar-refractivity contribution in [2.24, 2.45) is 0 Å². The molecule has 0 aliphatic carbocycles. The molecule has 1 N–H and O–H groups in total. The molecule has 0 saturated carbocycles. The molecule has 1 aromatic heterocycles. The lowest BCUT2D eigenvalue weighted by molar-refractivity contribution is 0.160. The fourth-order valence-electron chi connectivity index (χ4n) is 2.12. The molecule has 1 fully saturated rings. The Hall–Kier alpha value is -1.10. The van der Waals surface area contributed by atoms with Crippen LogP contribution in [-0.4, -0.2) is 29.2 Å². The molecule has 0 spiro atoms. The number of fused-ring (bicyclic) bond motifs is 1. The van der Waals surface area contributed by atoms with E-state index in [0.29, 0.717) is 11.0 Å². The van der Waals surface area contributed by atoms with Gasteiger partial charge in [0.15, 0.2) is 5.15 Å². The highest BCUT2D eigenvalue weighted by Gasteiger charge is 2.17. The molecule has 102 valence electrons. The van der Waals surface area contributed by atoms with Gasteiger partial charge in [0.1, 0.15) is 6.10 Å². The lowest BCUT2D eigenvalue weighted by Crippen LogP contribution is -2.37. The van der Waals surface area contributed by atoms with Crippen molar-refractivity contribution in [1.29, 1.82) is 0 Å². The van der Waals surface area contributed by atoms with E-state index in [0.717, 1.165) is 37.0 Å². The number of halogens is 2. The zero-order chi connectivity index (χ0) is 12.4. The van der Waals surface area contributed by atoms with Gasteiger partial charge in [0, 0.05) is 6.54 Å². The second-order valence-electron chi connectivity index (χ2n) is 4.39. The number of nitrogens with one attached hydrogen (secondary N) is 1. The second kappa shape index (κ2) is 6.37. The monoisotopic (exact) mass is 299 g/mol. The molecule has 1 atom stereocenters. The van der Waals surface area contributed by atoms with Crippen LogP contribution in [0.5, 0.6) is 5.88 Å². The van der Waals surface area contributed by atoms with Gasteiger partial charge in [-0.05, 0) is 31.5 Å². The number of rotatable bonds is 2. The van der Waals surface area contributed by atoms with Crippen molar-refractivity contribution in [2.75, 3.05) is 13.1 Å². The number of nitrogens with zero attached hydrogens (tertiary/aromatic N) is 2. The van der Waals surface area contributed by atoms with Gasteiger partial charge < -0.3 is 10.1 Å². The average Bonchev–Trinajstić information content (AvgIpc) is 2.41. The lowest BCUT2D eigenvalue weighted by Gasteiger charge is -2.23. The van der Waals surface area contributed by atoms with Crippen LogP contribution in [0, 0.1) is 0 Å². The second-order valence-corrected chi connectivity index (χ2v) is 4.75. The molecule has 0 bridgehead atoms. The van der Waals surface area contributed by atoms with Crippen LogP contribution < -0.4 is 10.1 Å². The molecule has 6 heteroatoms. The summed E-state index contributed by atoms with van der Waals surface area (Å²) in [6.45, 7) is 1.89. The topological polar surface area (TPSA) is 47.0 Å². The minimum atomic E-state index is 0. The SMILES string of the molecule is Cl.Clc1nc2ccccc2nc1O[C@@H]1CCCNC1. The molecule has 4 nitrogen and oxygen atoms in total. The number of hydrogen-bond donors (Lipinski definition) is 1. The van der Waals surface area contributed by atoms with Crippen LogP contribution in [0.3, 0.4) is 0 Å². The predicted molar refractivity (Wildman–Crippen MR) is 78.3 cm³/mol. The van der Waals surface area contributed by atoms with Crippen LogP contribution in [0.1, 0.15) is 12.8 Å². The molecular weight excluding hydrogens is 285 g/mol. The molecule has 19 heavy (non-hydrogen) atoms. The Morgan fingerprint density at radius 3 is 2.63 bits per heavy atom. The molecule has 1 aromatic carbocycles. The summed E-state index contributed by atoms with van der Waals surface area (Å²) in [4.78, 5) is 8.72. The Balaban J connectivity index is 0.00000133. The largest absolute Gasteiger partial charge is 0.471 e. The number of ether oxygens (including phenoxy) is 1. The molecule has 0 radical (unpaired) electrons. The summed E-state index contributed by atoms with van der Waals surface area (Å²) in [6, 6.07) is 7.64. The Morgan fingerprint density at radius 2 is 1.95 bits per heavy atom. The maximum atomic E-state index is 6.10. The molecule has 3 rings (SSSR count). The zero-order valence-corrected chi connectivity index (χ0v) is 11.9. The van der Waals surface area contributed by atoms with E-state index in [-0.39, 0.29) is 18.5 Å². The summed E-state index contributed by atoms with van der Waals surface area (Å²) in [6.07, 6.45) is 2.27. The molecule has 1 saturated heterocycles. The van der Waals surface area contributed by atoms with Crippen LogP contribution in [0.2, 0.25) is 5.15 Å². The van der Waals surface area contributed by atoms with Gasteiger partial charge in [0.25, 0.3) is 5.88 Å². The third-order valence-corrected chi connectivity index (χ3v) is 3.27. The smallest absolute Gasteiger partial charge is 0.253 e. The quantitative estimate of drug-likeness (QED) is 0.926. The number of benzene rings is 1. The van der Waals surface area contributed by atoms with E-state index in [1.54, 1.807) is 0 Å². The number of hydrogen-bond acceptors (Lipinski definition) is 4. The molecule has 1 aliphatic heterocycles. The highest BCUT2D eigenvalue weighted by molar-refractivity contribution is 6.31. The van der Waals surface area contributed by atoms with Crippen LogP contribution in [0.25, 0.3) is 11.0 Å². The van der Waals surface area contributed by atoms with E-state index in [4.69, 9.17) is 16.3 Å². The van der Waals surface area contributed by atoms with Gasteiger partial charge in [-0.15, -0.1) is 12.4 Å². The molecule has 2 aromatic rings. The van der Waals surface area contributed by atoms with Crippen molar-refractivity contribution in [2.45, 2.75) is 18.9 Å². The van der Waals surface area contributed by atoms with Gasteiger partial charge in [-0.2, -0.15) is 0 Å². The first-order chi connectivity index (χ1) is 8.83. The molecular formula is C13H15Cl2N3O. The molecule has 2 heterocycles. The highest BCUT2D eigenvalue weighted by atomic mass is 35.5. The van der Waals surface area contributed by atoms with Crippen molar-refractivity contribution in [3.63, 3.8) is 0 Å². The van der Waals surface area contributed by atoms with E-state index < -0.39 is 0 Å². The average molecular weight is 300 g/mol. The van der Waals surface area contributed by atoms with E-state index >= 15 is 0 Å². The van der Waals surface area contributed by atoms with Crippen molar-refractivity contribution < 1.29 is 4.74 Å². The Morgan fingerprint density at radius 1 is 1.21 bits per heavy atom. The Kier molecular flexibility index (Phi) is 4.80. The summed E-state index contributed by atoms with van der Waals surface area (Å²) in [5, 5.41) is 3.63. The Bertz CT molecular complexity index is 559. The van der Waals surface area contributed by atoms with Crippen molar-refractivity contribution in [3.05, 3.63) is 29.4 Å². The fourth-order valence-corrected chi connectivity index (χ4v) is 2.29. The Labute approximate surface area is 122 Å². The summed E-state index contributed by atoms with van der Waals surface area (Å²) in [5.74, 6) is 0.434. The lowest BCUT2D eigenvalue weighted by atomic mass is 10.1. The molecule has 0 amide bonds. The summed E-state index contributed by atoms with van der Waals surface area (Å²) < 4.78 is 5.83. The summed E-state index contributed by atoms with van der Waals surface area (Å²) in [7, 11) is 0. The zero-order valence-electron chi connectivity index (χ0n) is 10.3. The van der Waals surface area contributed by atoms with E-state index in [1.807, 2.05) is 24.3 Å². The fraction of sp³-hybridized carbons (Fsp3) is 0.385. The first-order valence-electron chi connectivity index (χ1n) is 6.12. The van der Waals surface area contributed by atoms with Crippen molar-refractivity contribution >= 4 is 35.0 Å². The van der Waals surface area contributed by atoms with Crippen LogP contribution in [0.15, 0.2) is 24.3 Å². The number of piperidine rings is 1. The minimum Gasteiger partial charge on any atom is -0.471 e. The van der Waals surface area contributed by atoms with Gasteiger partial charge in [-0.1, -0.05) is 23.7 Å². The van der Waals surface area contributed by atoms with Crippen LogP contribution in [-0.2, 0) is 0 Å². The highest BCUT2D eigenvalue weighted by Crippen LogP contribution is 2.24. The van der Waals surface area contributed by atoms with Crippen LogP contribution in [0.4, 0.5) is 0 Å². The van der Waals surface area contributed by atoms with Gasteiger partial charge in [-0.25, -0.2) is 9.97 Å². The van der Waals surface area contributed by atoms with Crippen molar-refractivity contribution in [3.8, 4) is 5.88 Å². The van der Waals surface area contributed by atoms with E-state index in [2.05, 4.69) is 15.3 Å². The third-order valence-electron chi connectivity index (χ3n) is 3.03.